The molecule has 33 heavy (non-hydrogen) atoms. The summed E-state index contributed by atoms with van der Waals surface area (Å²) < 4.78 is 16.7. The van der Waals surface area contributed by atoms with Gasteiger partial charge < -0.3 is 19.5 Å². The number of methoxy groups -OCH3 is 3. The minimum atomic E-state index is 0.312. The van der Waals surface area contributed by atoms with Crippen molar-refractivity contribution in [3.63, 3.8) is 0 Å². The Hall–Kier alpha value is -2.72. The maximum atomic E-state index is 5.61. The van der Waals surface area contributed by atoms with E-state index in [-0.39, 0.29) is 0 Å². The van der Waals surface area contributed by atoms with Crippen molar-refractivity contribution in [2.24, 2.45) is 0 Å². The largest absolute Gasteiger partial charge is 0.497 e. The van der Waals surface area contributed by atoms with Gasteiger partial charge in [-0.15, -0.1) is 0 Å². The Balaban J connectivity index is 0.00000187. The molecule has 0 saturated heterocycles. The van der Waals surface area contributed by atoms with E-state index in [1.165, 1.54) is 27.8 Å². The molecule has 0 aromatic heterocycles. The molecule has 180 valence electrons. The number of fused-ring (bicyclic) bond motifs is 1. The van der Waals surface area contributed by atoms with E-state index < -0.39 is 0 Å². The third-order valence-electron chi connectivity index (χ3n) is 6.08. The van der Waals surface area contributed by atoms with Gasteiger partial charge in [0.15, 0.2) is 11.5 Å². The van der Waals surface area contributed by atoms with E-state index in [0.717, 1.165) is 49.6 Å². The van der Waals surface area contributed by atoms with Crippen LogP contribution >= 0.6 is 0 Å². The quantitative estimate of drug-likeness (QED) is 0.425. The number of hydrogen-bond donors (Lipinski definition) is 1. The van der Waals surface area contributed by atoms with Crippen molar-refractivity contribution >= 4 is 0 Å². The number of allylic oxidation sites excluding steroid dienone is 2. The predicted octanol–water partition coefficient (Wildman–Crippen LogP) is 6.82. The highest BCUT2D eigenvalue weighted by atomic mass is 16.5. The van der Waals surface area contributed by atoms with Gasteiger partial charge in [0.05, 0.1) is 21.3 Å². The van der Waals surface area contributed by atoms with Crippen molar-refractivity contribution in [1.29, 1.82) is 0 Å². The number of rotatable bonds is 9. The SMILES string of the molecule is C/C=C\C(=C/C)CNCc1ccc(OC)cc1C1CCCc2cc(OC)c(OC)cc21.CC. The Kier molecular flexibility index (Phi) is 11.0. The molecule has 1 aliphatic rings. The Bertz CT molecular complexity index is 946. The van der Waals surface area contributed by atoms with Crippen LogP contribution in [-0.2, 0) is 13.0 Å². The van der Waals surface area contributed by atoms with E-state index in [1.807, 2.05) is 13.8 Å². The smallest absolute Gasteiger partial charge is 0.161 e. The summed E-state index contributed by atoms with van der Waals surface area (Å²) in [5, 5.41) is 3.61. The molecule has 1 atom stereocenters. The molecule has 1 aliphatic carbocycles. The molecule has 0 saturated carbocycles. The molecular weight excluding hydrogens is 410 g/mol. The van der Waals surface area contributed by atoms with Crippen LogP contribution in [0.4, 0.5) is 0 Å². The zero-order valence-electron chi connectivity index (χ0n) is 21.5. The number of benzene rings is 2. The molecule has 3 rings (SSSR count). The second-order valence-corrected chi connectivity index (χ2v) is 7.88. The molecule has 0 aliphatic heterocycles. The maximum absolute atomic E-state index is 5.61. The third kappa shape index (κ3) is 6.64. The monoisotopic (exact) mass is 451 g/mol. The normalized spacial score (nSPS) is 15.5. The lowest BCUT2D eigenvalue weighted by atomic mass is 9.77. The average molecular weight is 452 g/mol. The predicted molar refractivity (Wildman–Crippen MR) is 139 cm³/mol. The van der Waals surface area contributed by atoms with Gasteiger partial charge in [-0.05, 0) is 85.2 Å². The van der Waals surface area contributed by atoms with Crippen LogP contribution in [0.2, 0.25) is 0 Å². The average Bonchev–Trinajstić information content (AvgIpc) is 2.88. The van der Waals surface area contributed by atoms with Gasteiger partial charge in [0.25, 0.3) is 0 Å². The fraction of sp³-hybridized carbons (Fsp3) is 0.448. The van der Waals surface area contributed by atoms with Crippen LogP contribution < -0.4 is 19.5 Å². The molecular formula is C29H41NO3. The van der Waals surface area contributed by atoms with E-state index in [2.05, 4.69) is 67.7 Å². The number of hydrogen-bond acceptors (Lipinski definition) is 4. The molecule has 1 unspecified atom stereocenters. The highest BCUT2D eigenvalue weighted by Gasteiger charge is 2.26. The first-order valence-corrected chi connectivity index (χ1v) is 12.0. The summed E-state index contributed by atoms with van der Waals surface area (Å²) in [6, 6.07) is 10.8. The number of nitrogens with one attached hydrogen (secondary N) is 1. The first kappa shape index (κ1) is 26.5. The summed E-state index contributed by atoms with van der Waals surface area (Å²) in [6.45, 7) is 9.79. The highest BCUT2D eigenvalue weighted by molar-refractivity contribution is 5.53. The number of ether oxygens (including phenoxy) is 3. The van der Waals surface area contributed by atoms with E-state index in [4.69, 9.17) is 14.2 Å². The molecule has 0 amide bonds. The van der Waals surface area contributed by atoms with Crippen LogP contribution in [0, 0.1) is 0 Å². The summed E-state index contributed by atoms with van der Waals surface area (Å²) in [4.78, 5) is 0. The molecule has 0 radical (unpaired) electrons. The Morgan fingerprint density at radius 2 is 1.70 bits per heavy atom. The molecule has 0 bridgehead atoms. The standard InChI is InChI=1S/C27H35NO3.C2H6/c1-6-9-19(7-2)17-28-18-21-12-13-22(29-3)15-24(21)23-11-8-10-20-14-26(30-4)27(31-5)16-25(20)23;1-2/h6-7,9,12-16,23,28H,8,10-11,17-18H2,1-5H3;1-2H3/b9-6-,19-7+;. The molecule has 4 heteroatoms. The molecule has 1 N–H and O–H groups in total. The fourth-order valence-electron chi connectivity index (χ4n) is 4.45. The van der Waals surface area contributed by atoms with Crippen molar-refractivity contribution in [2.75, 3.05) is 27.9 Å². The van der Waals surface area contributed by atoms with Gasteiger partial charge in [0.1, 0.15) is 5.75 Å². The van der Waals surface area contributed by atoms with Crippen molar-refractivity contribution in [1.82, 2.24) is 5.32 Å². The number of aryl methyl sites for hydroxylation is 1. The van der Waals surface area contributed by atoms with Gasteiger partial charge >= 0.3 is 0 Å². The second kappa shape index (κ2) is 13.7. The van der Waals surface area contributed by atoms with E-state index in [1.54, 1.807) is 21.3 Å². The minimum Gasteiger partial charge on any atom is -0.497 e. The van der Waals surface area contributed by atoms with Gasteiger partial charge in [-0.25, -0.2) is 0 Å². The molecule has 2 aromatic rings. The Labute approximate surface area is 200 Å². The summed E-state index contributed by atoms with van der Waals surface area (Å²) in [6.07, 6.45) is 9.72. The lowest BCUT2D eigenvalue weighted by molar-refractivity contribution is 0.353. The van der Waals surface area contributed by atoms with Crippen molar-refractivity contribution in [3.05, 3.63) is 76.4 Å². The fourth-order valence-corrected chi connectivity index (χ4v) is 4.45. The minimum absolute atomic E-state index is 0.312. The Morgan fingerprint density at radius 3 is 2.33 bits per heavy atom. The van der Waals surface area contributed by atoms with E-state index in [9.17, 15) is 0 Å². The van der Waals surface area contributed by atoms with Crippen LogP contribution in [0.1, 0.15) is 68.7 Å². The molecule has 0 spiro atoms. The molecule has 0 heterocycles. The zero-order valence-corrected chi connectivity index (χ0v) is 21.5. The molecule has 2 aromatic carbocycles. The van der Waals surface area contributed by atoms with Crippen LogP contribution in [0.15, 0.2) is 54.1 Å². The van der Waals surface area contributed by atoms with Gasteiger partial charge in [0.2, 0.25) is 0 Å². The lowest BCUT2D eigenvalue weighted by Crippen LogP contribution is -2.19. The van der Waals surface area contributed by atoms with E-state index >= 15 is 0 Å². The first-order chi connectivity index (χ1) is 16.1. The summed E-state index contributed by atoms with van der Waals surface area (Å²) in [5.74, 6) is 2.80. The first-order valence-electron chi connectivity index (χ1n) is 12.0. The van der Waals surface area contributed by atoms with Crippen LogP contribution in [0.3, 0.4) is 0 Å². The van der Waals surface area contributed by atoms with Crippen molar-refractivity contribution in [2.45, 2.75) is 59.4 Å². The molecule has 4 nitrogen and oxygen atoms in total. The summed E-state index contributed by atoms with van der Waals surface area (Å²) in [5.41, 5.74) is 6.61. The molecule has 0 fully saturated rings. The van der Waals surface area contributed by atoms with Crippen molar-refractivity contribution in [3.8, 4) is 17.2 Å². The summed E-state index contributed by atoms with van der Waals surface area (Å²) in [7, 11) is 5.13. The Morgan fingerprint density at radius 1 is 0.970 bits per heavy atom. The highest BCUT2D eigenvalue weighted by Crippen LogP contribution is 2.43. The van der Waals surface area contributed by atoms with Gasteiger partial charge in [-0.2, -0.15) is 0 Å². The van der Waals surface area contributed by atoms with Gasteiger partial charge in [-0.3, -0.25) is 0 Å². The second-order valence-electron chi connectivity index (χ2n) is 7.88. The van der Waals surface area contributed by atoms with Gasteiger partial charge in [0, 0.05) is 19.0 Å². The van der Waals surface area contributed by atoms with Crippen LogP contribution in [-0.4, -0.2) is 27.9 Å². The topological polar surface area (TPSA) is 39.7 Å². The zero-order chi connectivity index (χ0) is 24.2. The van der Waals surface area contributed by atoms with Crippen LogP contribution in [0.25, 0.3) is 0 Å². The summed E-state index contributed by atoms with van der Waals surface area (Å²) >= 11 is 0. The maximum Gasteiger partial charge on any atom is 0.161 e. The third-order valence-corrected chi connectivity index (χ3v) is 6.08. The van der Waals surface area contributed by atoms with Gasteiger partial charge in [-0.1, -0.05) is 38.1 Å². The van der Waals surface area contributed by atoms with E-state index in [0.29, 0.717) is 5.92 Å². The lowest BCUT2D eigenvalue weighted by Gasteiger charge is -2.29. The van der Waals surface area contributed by atoms with Crippen LogP contribution in [0.5, 0.6) is 17.2 Å². The van der Waals surface area contributed by atoms with Crippen molar-refractivity contribution < 1.29 is 14.2 Å².